The lowest BCUT2D eigenvalue weighted by atomic mass is 10.1. The van der Waals surface area contributed by atoms with Crippen LogP contribution in [0.5, 0.6) is 0 Å². The van der Waals surface area contributed by atoms with Crippen molar-refractivity contribution in [2.75, 3.05) is 7.05 Å². The Labute approximate surface area is 88.1 Å². The van der Waals surface area contributed by atoms with Gasteiger partial charge in [-0.25, -0.2) is 0 Å². The van der Waals surface area contributed by atoms with Crippen LogP contribution in [0.1, 0.15) is 18.5 Å². The molecule has 0 unspecified atom stereocenters. The summed E-state index contributed by atoms with van der Waals surface area (Å²) in [4.78, 5) is 0. The Kier molecular flexibility index (Phi) is 5.55. The smallest absolute Gasteiger partial charge is 0.0289 e. The van der Waals surface area contributed by atoms with Crippen molar-refractivity contribution in [3.63, 3.8) is 0 Å². The van der Waals surface area contributed by atoms with Gasteiger partial charge in [0.15, 0.2) is 0 Å². The van der Waals surface area contributed by atoms with Crippen LogP contribution in [0.25, 0.3) is 0 Å². The second-order valence-corrected chi connectivity index (χ2v) is 3.48. The highest BCUT2D eigenvalue weighted by atomic mass is 79.9. The molecule has 0 spiro atoms. The normalized spacial score (nSPS) is 11.9. The van der Waals surface area contributed by atoms with E-state index in [9.17, 15) is 0 Å². The van der Waals surface area contributed by atoms with Gasteiger partial charge < -0.3 is 5.32 Å². The van der Waals surface area contributed by atoms with Gasteiger partial charge >= 0.3 is 0 Å². The van der Waals surface area contributed by atoms with Crippen molar-refractivity contribution in [2.24, 2.45) is 0 Å². The fraction of sp³-hybridized carbons (Fsp3) is 0.333. The Morgan fingerprint density at radius 1 is 1.25 bits per heavy atom. The van der Waals surface area contributed by atoms with Crippen molar-refractivity contribution in [1.82, 2.24) is 5.32 Å². The molecule has 0 bridgehead atoms. The summed E-state index contributed by atoms with van der Waals surface area (Å²) < 4.78 is 1.13. The molecule has 0 aliphatic carbocycles. The monoisotopic (exact) mass is 249 g/mol. The standard InChI is InChI=1S/C9H12BrN.ClH/c1-7(11-2)8-3-5-9(10)6-4-8;/h3-7,11H,1-2H3;1H/t7-;/m0./s1. The molecule has 1 aromatic carbocycles. The summed E-state index contributed by atoms with van der Waals surface area (Å²) >= 11 is 3.40. The number of benzene rings is 1. The van der Waals surface area contributed by atoms with Crippen LogP contribution in [0.2, 0.25) is 0 Å². The average molecular weight is 251 g/mol. The van der Waals surface area contributed by atoms with E-state index in [4.69, 9.17) is 0 Å². The lowest BCUT2D eigenvalue weighted by Crippen LogP contribution is -2.11. The van der Waals surface area contributed by atoms with Gasteiger partial charge in [0.25, 0.3) is 0 Å². The molecule has 1 rings (SSSR count). The summed E-state index contributed by atoms with van der Waals surface area (Å²) in [6.45, 7) is 2.14. The molecule has 1 atom stereocenters. The first-order valence-corrected chi connectivity index (χ1v) is 4.46. The third kappa shape index (κ3) is 3.13. The Bertz CT molecular complexity index is 222. The minimum absolute atomic E-state index is 0. The zero-order chi connectivity index (χ0) is 8.27. The van der Waals surface area contributed by atoms with E-state index >= 15 is 0 Å². The van der Waals surface area contributed by atoms with Gasteiger partial charge in [-0.15, -0.1) is 12.4 Å². The highest BCUT2D eigenvalue weighted by Gasteiger charge is 1.99. The SMILES string of the molecule is CN[C@@H](C)c1ccc(Br)cc1.Cl. The lowest BCUT2D eigenvalue weighted by molar-refractivity contribution is 0.652. The van der Waals surface area contributed by atoms with E-state index in [-0.39, 0.29) is 12.4 Å². The van der Waals surface area contributed by atoms with Gasteiger partial charge in [-0.2, -0.15) is 0 Å². The predicted molar refractivity (Wildman–Crippen MR) is 58.9 cm³/mol. The molecule has 68 valence electrons. The summed E-state index contributed by atoms with van der Waals surface area (Å²) in [5.74, 6) is 0. The first-order chi connectivity index (χ1) is 5.24. The Balaban J connectivity index is 0.00000121. The van der Waals surface area contributed by atoms with Crippen molar-refractivity contribution < 1.29 is 0 Å². The van der Waals surface area contributed by atoms with Crippen LogP contribution >= 0.6 is 28.3 Å². The summed E-state index contributed by atoms with van der Waals surface area (Å²) in [5, 5.41) is 3.19. The summed E-state index contributed by atoms with van der Waals surface area (Å²) in [5.41, 5.74) is 1.32. The molecule has 1 N–H and O–H groups in total. The number of rotatable bonds is 2. The van der Waals surface area contributed by atoms with E-state index in [0.717, 1.165) is 4.47 Å². The third-order valence-electron chi connectivity index (χ3n) is 1.80. The van der Waals surface area contributed by atoms with Gasteiger partial charge in [-0.3, -0.25) is 0 Å². The van der Waals surface area contributed by atoms with Crippen molar-refractivity contribution in [3.8, 4) is 0 Å². The lowest BCUT2D eigenvalue weighted by Gasteiger charge is -2.09. The highest BCUT2D eigenvalue weighted by molar-refractivity contribution is 9.10. The van der Waals surface area contributed by atoms with Gasteiger partial charge in [-0.1, -0.05) is 28.1 Å². The number of hydrogen-bond acceptors (Lipinski definition) is 1. The molecule has 0 fully saturated rings. The predicted octanol–water partition coefficient (Wildman–Crippen LogP) is 3.15. The van der Waals surface area contributed by atoms with Crippen LogP contribution in [-0.4, -0.2) is 7.05 Å². The molecule has 0 amide bonds. The van der Waals surface area contributed by atoms with E-state index in [1.54, 1.807) is 0 Å². The zero-order valence-electron chi connectivity index (χ0n) is 7.17. The summed E-state index contributed by atoms with van der Waals surface area (Å²) in [6.07, 6.45) is 0. The summed E-state index contributed by atoms with van der Waals surface area (Å²) in [7, 11) is 1.96. The van der Waals surface area contributed by atoms with Crippen LogP contribution in [0, 0.1) is 0 Å². The van der Waals surface area contributed by atoms with Crippen LogP contribution in [0.3, 0.4) is 0 Å². The van der Waals surface area contributed by atoms with Crippen LogP contribution in [-0.2, 0) is 0 Å². The van der Waals surface area contributed by atoms with E-state index in [1.165, 1.54) is 5.56 Å². The molecule has 0 heterocycles. The molecule has 0 aliphatic rings. The van der Waals surface area contributed by atoms with Gasteiger partial charge in [0, 0.05) is 10.5 Å². The first-order valence-electron chi connectivity index (χ1n) is 3.67. The molecule has 1 nitrogen and oxygen atoms in total. The van der Waals surface area contributed by atoms with Crippen LogP contribution < -0.4 is 5.32 Å². The minimum Gasteiger partial charge on any atom is -0.313 e. The Hall–Kier alpha value is -0.0500. The molecule has 0 radical (unpaired) electrons. The van der Waals surface area contributed by atoms with Crippen molar-refractivity contribution in [1.29, 1.82) is 0 Å². The van der Waals surface area contributed by atoms with Crippen LogP contribution in [0.4, 0.5) is 0 Å². The van der Waals surface area contributed by atoms with E-state index in [2.05, 4.69) is 52.4 Å². The van der Waals surface area contributed by atoms with Crippen molar-refractivity contribution in [2.45, 2.75) is 13.0 Å². The maximum atomic E-state index is 3.40. The Morgan fingerprint density at radius 3 is 2.17 bits per heavy atom. The van der Waals surface area contributed by atoms with E-state index in [0.29, 0.717) is 6.04 Å². The largest absolute Gasteiger partial charge is 0.313 e. The highest BCUT2D eigenvalue weighted by Crippen LogP contribution is 2.15. The van der Waals surface area contributed by atoms with Gasteiger partial charge in [0.2, 0.25) is 0 Å². The average Bonchev–Trinajstić information content (AvgIpc) is 2.05. The summed E-state index contributed by atoms with van der Waals surface area (Å²) in [6, 6.07) is 8.78. The molecule has 0 saturated carbocycles. The second kappa shape index (κ2) is 5.57. The first kappa shape index (κ1) is 11.9. The van der Waals surface area contributed by atoms with E-state index < -0.39 is 0 Å². The molecule has 1 aromatic rings. The van der Waals surface area contributed by atoms with Crippen molar-refractivity contribution >= 4 is 28.3 Å². The number of hydrogen-bond donors (Lipinski definition) is 1. The second-order valence-electron chi connectivity index (χ2n) is 2.56. The quantitative estimate of drug-likeness (QED) is 0.850. The maximum absolute atomic E-state index is 3.40. The molecular formula is C9H13BrClN. The maximum Gasteiger partial charge on any atom is 0.0289 e. The zero-order valence-corrected chi connectivity index (χ0v) is 9.58. The molecule has 12 heavy (non-hydrogen) atoms. The molecular weight excluding hydrogens is 237 g/mol. The fourth-order valence-corrected chi connectivity index (χ4v) is 1.18. The minimum atomic E-state index is 0. The fourth-order valence-electron chi connectivity index (χ4n) is 0.918. The molecule has 0 aliphatic heterocycles. The number of nitrogens with one attached hydrogen (secondary N) is 1. The van der Waals surface area contributed by atoms with Gasteiger partial charge in [0.1, 0.15) is 0 Å². The van der Waals surface area contributed by atoms with E-state index in [1.807, 2.05) is 7.05 Å². The molecule has 0 aromatic heterocycles. The molecule has 0 saturated heterocycles. The van der Waals surface area contributed by atoms with Crippen LogP contribution in [0.15, 0.2) is 28.7 Å². The number of halogens is 2. The van der Waals surface area contributed by atoms with Gasteiger partial charge in [-0.05, 0) is 31.7 Å². The van der Waals surface area contributed by atoms with Crippen molar-refractivity contribution in [3.05, 3.63) is 34.3 Å². The molecule has 3 heteroatoms. The Morgan fingerprint density at radius 2 is 1.75 bits per heavy atom. The third-order valence-corrected chi connectivity index (χ3v) is 2.33. The van der Waals surface area contributed by atoms with Gasteiger partial charge in [0.05, 0.1) is 0 Å². The topological polar surface area (TPSA) is 12.0 Å².